The molecule has 2 rings (SSSR count). The standard InChI is InChI=1S/C10H14F3N5/c1-9(2-3-9)5-15-7-4-6(10(11,12)13)16-8(17-7)18-14/h4H,2-3,5,14H2,1H3,(H2,15,16,17,18). The van der Waals surface area contributed by atoms with Crippen molar-refractivity contribution < 1.29 is 13.2 Å². The van der Waals surface area contributed by atoms with Crippen LogP contribution in [0.1, 0.15) is 25.5 Å². The smallest absolute Gasteiger partial charge is 0.369 e. The molecule has 8 heteroatoms. The Morgan fingerprint density at radius 1 is 1.39 bits per heavy atom. The molecule has 1 aromatic heterocycles. The van der Waals surface area contributed by atoms with Crippen LogP contribution >= 0.6 is 0 Å². The molecule has 4 N–H and O–H groups in total. The highest BCUT2D eigenvalue weighted by molar-refractivity contribution is 5.43. The summed E-state index contributed by atoms with van der Waals surface area (Å²) >= 11 is 0. The Balaban J connectivity index is 2.18. The molecular formula is C10H14F3N5. The van der Waals surface area contributed by atoms with Crippen molar-refractivity contribution in [3.05, 3.63) is 11.8 Å². The topological polar surface area (TPSA) is 75.9 Å². The Hall–Kier alpha value is -1.57. The number of rotatable bonds is 4. The van der Waals surface area contributed by atoms with Crippen LogP contribution in [0, 0.1) is 5.41 Å². The Morgan fingerprint density at radius 3 is 2.56 bits per heavy atom. The van der Waals surface area contributed by atoms with E-state index in [1.807, 2.05) is 5.43 Å². The third kappa shape index (κ3) is 3.00. The van der Waals surface area contributed by atoms with Crippen LogP contribution in [0.2, 0.25) is 0 Å². The van der Waals surface area contributed by atoms with E-state index in [2.05, 4.69) is 22.2 Å². The Labute approximate surface area is 102 Å². The van der Waals surface area contributed by atoms with Crippen molar-refractivity contribution in [2.24, 2.45) is 11.3 Å². The number of aromatic nitrogens is 2. The maximum atomic E-state index is 12.6. The Kier molecular flexibility index (Phi) is 3.05. The van der Waals surface area contributed by atoms with Gasteiger partial charge in [0.1, 0.15) is 5.82 Å². The van der Waals surface area contributed by atoms with E-state index in [0.29, 0.717) is 6.54 Å². The van der Waals surface area contributed by atoms with Gasteiger partial charge >= 0.3 is 6.18 Å². The summed E-state index contributed by atoms with van der Waals surface area (Å²) in [6, 6.07) is 0.882. The fourth-order valence-corrected chi connectivity index (χ4v) is 1.44. The summed E-state index contributed by atoms with van der Waals surface area (Å²) in [5.41, 5.74) is 1.18. The third-order valence-electron chi connectivity index (χ3n) is 2.95. The molecule has 0 radical (unpaired) electrons. The second-order valence-corrected chi connectivity index (χ2v) is 4.77. The van der Waals surface area contributed by atoms with Gasteiger partial charge in [0.2, 0.25) is 5.95 Å². The van der Waals surface area contributed by atoms with Crippen molar-refractivity contribution in [1.29, 1.82) is 0 Å². The molecule has 0 saturated heterocycles. The summed E-state index contributed by atoms with van der Waals surface area (Å²) < 4.78 is 37.8. The van der Waals surface area contributed by atoms with Crippen molar-refractivity contribution in [2.45, 2.75) is 25.9 Å². The molecule has 1 saturated carbocycles. The number of alkyl halides is 3. The fourth-order valence-electron chi connectivity index (χ4n) is 1.44. The minimum absolute atomic E-state index is 0.124. The summed E-state index contributed by atoms with van der Waals surface area (Å²) in [5, 5.41) is 2.89. The van der Waals surface area contributed by atoms with Crippen LogP contribution in [0.4, 0.5) is 24.9 Å². The molecule has 0 amide bonds. The first-order valence-corrected chi connectivity index (χ1v) is 5.49. The Morgan fingerprint density at radius 2 is 2.06 bits per heavy atom. The molecule has 0 aliphatic heterocycles. The van der Waals surface area contributed by atoms with Gasteiger partial charge in [-0.2, -0.15) is 18.2 Å². The number of nitrogen functional groups attached to an aromatic ring is 1. The van der Waals surface area contributed by atoms with Gasteiger partial charge in [0.25, 0.3) is 0 Å². The molecule has 0 spiro atoms. The average Bonchev–Trinajstić information content (AvgIpc) is 3.04. The van der Waals surface area contributed by atoms with Gasteiger partial charge in [0.05, 0.1) is 0 Å². The number of anilines is 2. The molecule has 1 fully saturated rings. The molecule has 1 aliphatic rings. The summed E-state index contributed by atoms with van der Waals surface area (Å²) in [6.07, 6.45) is -2.38. The van der Waals surface area contributed by atoms with E-state index >= 15 is 0 Å². The van der Waals surface area contributed by atoms with E-state index in [1.54, 1.807) is 0 Å². The van der Waals surface area contributed by atoms with Crippen LogP contribution < -0.4 is 16.6 Å². The number of nitrogens with one attached hydrogen (secondary N) is 2. The van der Waals surface area contributed by atoms with E-state index in [0.717, 1.165) is 18.9 Å². The molecular weight excluding hydrogens is 247 g/mol. The van der Waals surface area contributed by atoms with Gasteiger partial charge in [0.15, 0.2) is 5.69 Å². The van der Waals surface area contributed by atoms with Crippen LogP contribution in [0.5, 0.6) is 0 Å². The van der Waals surface area contributed by atoms with Crippen LogP contribution in [0.25, 0.3) is 0 Å². The van der Waals surface area contributed by atoms with E-state index in [-0.39, 0.29) is 17.2 Å². The lowest BCUT2D eigenvalue weighted by Crippen LogP contribution is -2.18. The van der Waals surface area contributed by atoms with Gasteiger partial charge in [-0.15, -0.1) is 0 Å². The molecule has 5 nitrogen and oxygen atoms in total. The van der Waals surface area contributed by atoms with Crippen LogP contribution in [-0.4, -0.2) is 16.5 Å². The lowest BCUT2D eigenvalue weighted by Gasteiger charge is -2.13. The molecule has 0 unspecified atom stereocenters. The van der Waals surface area contributed by atoms with Gasteiger partial charge in [-0.1, -0.05) is 6.92 Å². The van der Waals surface area contributed by atoms with Crippen molar-refractivity contribution in [3.63, 3.8) is 0 Å². The van der Waals surface area contributed by atoms with Crippen LogP contribution in [0.3, 0.4) is 0 Å². The molecule has 0 atom stereocenters. The number of hydrogen-bond acceptors (Lipinski definition) is 5. The predicted octanol–water partition coefficient (Wildman–Crippen LogP) is 1.99. The number of hydrazine groups is 1. The lowest BCUT2D eigenvalue weighted by molar-refractivity contribution is -0.141. The zero-order chi connectivity index (χ0) is 13.4. The first kappa shape index (κ1) is 12.9. The van der Waals surface area contributed by atoms with Gasteiger partial charge < -0.3 is 5.32 Å². The molecule has 18 heavy (non-hydrogen) atoms. The molecule has 1 heterocycles. The number of nitrogens with two attached hydrogens (primary N) is 1. The quantitative estimate of drug-likeness (QED) is 0.571. The largest absolute Gasteiger partial charge is 0.433 e. The first-order chi connectivity index (χ1) is 8.32. The predicted molar refractivity (Wildman–Crippen MR) is 60.7 cm³/mol. The second kappa shape index (κ2) is 4.27. The SMILES string of the molecule is CC1(CNc2cc(C(F)(F)F)nc(NN)n2)CC1. The van der Waals surface area contributed by atoms with E-state index in [4.69, 9.17) is 5.84 Å². The van der Waals surface area contributed by atoms with Crippen molar-refractivity contribution in [2.75, 3.05) is 17.3 Å². The molecule has 1 aromatic rings. The molecule has 0 bridgehead atoms. The minimum Gasteiger partial charge on any atom is -0.369 e. The highest BCUT2D eigenvalue weighted by Gasteiger charge is 2.37. The van der Waals surface area contributed by atoms with Gasteiger partial charge in [-0.3, -0.25) is 5.43 Å². The van der Waals surface area contributed by atoms with Crippen molar-refractivity contribution in [3.8, 4) is 0 Å². The maximum absolute atomic E-state index is 12.6. The number of halogens is 3. The third-order valence-corrected chi connectivity index (χ3v) is 2.95. The maximum Gasteiger partial charge on any atom is 0.433 e. The van der Waals surface area contributed by atoms with E-state index in [9.17, 15) is 13.2 Å². The van der Waals surface area contributed by atoms with E-state index in [1.165, 1.54) is 0 Å². The van der Waals surface area contributed by atoms with E-state index < -0.39 is 11.9 Å². The zero-order valence-corrected chi connectivity index (χ0v) is 9.80. The van der Waals surface area contributed by atoms with Gasteiger partial charge in [-0.05, 0) is 18.3 Å². The van der Waals surface area contributed by atoms with Gasteiger partial charge in [-0.25, -0.2) is 10.8 Å². The fraction of sp³-hybridized carbons (Fsp3) is 0.600. The molecule has 100 valence electrons. The normalized spacial score (nSPS) is 17.4. The van der Waals surface area contributed by atoms with Crippen LogP contribution in [-0.2, 0) is 6.18 Å². The lowest BCUT2D eigenvalue weighted by atomic mass is 10.1. The number of nitrogens with zero attached hydrogens (tertiary/aromatic N) is 2. The zero-order valence-electron chi connectivity index (χ0n) is 9.80. The molecule has 1 aliphatic carbocycles. The summed E-state index contributed by atoms with van der Waals surface area (Å²) in [4.78, 5) is 7.11. The second-order valence-electron chi connectivity index (χ2n) is 4.77. The molecule has 0 aromatic carbocycles. The average molecular weight is 261 g/mol. The summed E-state index contributed by atoms with van der Waals surface area (Å²) in [5.74, 6) is 4.92. The highest BCUT2D eigenvalue weighted by Crippen LogP contribution is 2.44. The first-order valence-electron chi connectivity index (χ1n) is 5.49. The highest BCUT2D eigenvalue weighted by atomic mass is 19.4. The number of hydrogen-bond donors (Lipinski definition) is 3. The van der Waals surface area contributed by atoms with Crippen LogP contribution in [0.15, 0.2) is 6.07 Å². The van der Waals surface area contributed by atoms with Crippen molar-refractivity contribution in [1.82, 2.24) is 9.97 Å². The van der Waals surface area contributed by atoms with Gasteiger partial charge in [0, 0.05) is 12.6 Å². The monoisotopic (exact) mass is 261 g/mol. The minimum atomic E-state index is -4.52. The summed E-state index contributed by atoms with van der Waals surface area (Å²) in [7, 11) is 0. The Bertz CT molecular complexity index is 442. The summed E-state index contributed by atoms with van der Waals surface area (Å²) in [6.45, 7) is 2.65. The van der Waals surface area contributed by atoms with Crippen molar-refractivity contribution >= 4 is 11.8 Å².